The first-order valence-corrected chi connectivity index (χ1v) is 5.73. The highest BCUT2D eigenvalue weighted by Gasteiger charge is 2.19. The van der Waals surface area contributed by atoms with Crippen molar-refractivity contribution in [1.29, 1.82) is 0 Å². The number of aromatic nitrogens is 4. The highest BCUT2D eigenvalue weighted by Crippen LogP contribution is 2.20. The molecule has 0 atom stereocenters. The Morgan fingerprint density at radius 2 is 2.32 bits per heavy atom. The lowest BCUT2D eigenvalue weighted by Gasteiger charge is -1.99. The molecule has 7 heteroatoms. The first kappa shape index (κ1) is 11.4. The number of carbonyl (C=O) groups excluding carboxylic acids is 1. The fraction of sp³-hybridized carbons (Fsp3) is 0.167. The van der Waals surface area contributed by atoms with Crippen LogP contribution in [0.15, 0.2) is 23.3 Å². The highest BCUT2D eigenvalue weighted by molar-refractivity contribution is 6.09. The predicted molar refractivity (Wildman–Crippen MR) is 68.0 cm³/mol. The molecule has 3 aromatic rings. The van der Waals surface area contributed by atoms with Crippen LogP contribution in [0.5, 0.6) is 0 Å². The molecular formula is C12H10N4O3. The van der Waals surface area contributed by atoms with Crippen molar-refractivity contribution in [2.24, 2.45) is 0 Å². The van der Waals surface area contributed by atoms with Crippen LogP contribution in [-0.4, -0.2) is 32.7 Å². The third-order valence-electron chi connectivity index (χ3n) is 2.80. The van der Waals surface area contributed by atoms with Gasteiger partial charge in [-0.15, -0.1) is 0 Å². The highest BCUT2D eigenvalue weighted by atomic mass is 16.5. The number of aromatic amines is 2. The molecular weight excluding hydrogens is 248 g/mol. The lowest BCUT2D eigenvalue weighted by Crippen LogP contribution is -2.12. The van der Waals surface area contributed by atoms with Gasteiger partial charge in [0, 0.05) is 17.8 Å². The molecule has 0 radical (unpaired) electrons. The zero-order valence-corrected chi connectivity index (χ0v) is 10.1. The zero-order chi connectivity index (χ0) is 13.4. The van der Waals surface area contributed by atoms with Crippen LogP contribution in [0.4, 0.5) is 0 Å². The SMILES string of the molecule is CCOC(=O)c1[nH]nc2c1c(=O)[nH]c1ccncc12. The lowest BCUT2D eigenvalue weighted by atomic mass is 10.2. The molecule has 0 saturated heterocycles. The summed E-state index contributed by atoms with van der Waals surface area (Å²) >= 11 is 0. The quantitative estimate of drug-likeness (QED) is 0.667. The van der Waals surface area contributed by atoms with Gasteiger partial charge in [-0.2, -0.15) is 5.10 Å². The minimum absolute atomic E-state index is 0.0591. The van der Waals surface area contributed by atoms with Gasteiger partial charge in [0.05, 0.1) is 12.1 Å². The maximum Gasteiger partial charge on any atom is 0.357 e. The molecule has 3 heterocycles. The summed E-state index contributed by atoms with van der Waals surface area (Å²) in [6, 6.07) is 1.68. The fourth-order valence-corrected chi connectivity index (χ4v) is 1.99. The summed E-state index contributed by atoms with van der Waals surface area (Å²) in [6.07, 6.45) is 3.16. The number of nitrogens with zero attached hydrogens (tertiary/aromatic N) is 2. The van der Waals surface area contributed by atoms with Crippen molar-refractivity contribution < 1.29 is 9.53 Å². The predicted octanol–water partition coefficient (Wildman–Crippen LogP) is 0.976. The van der Waals surface area contributed by atoms with Gasteiger partial charge in [0.1, 0.15) is 10.9 Å². The van der Waals surface area contributed by atoms with Gasteiger partial charge in [0.2, 0.25) is 0 Å². The second-order valence-corrected chi connectivity index (χ2v) is 3.92. The minimum atomic E-state index is -0.598. The molecule has 0 bridgehead atoms. The van der Waals surface area contributed by atoms with E-state index in [1.165, 1.54) is 0 Å². The van der Waals surface area contributed by atoms with Crippen LogP contribution >= 0.6 is 0 Å². The van der Waals surface area contributed by atoms with E-state index in [1.54, 1.807) is 25.4 Å². The van der Waals surface area contributed by atoms with Crippen LogP contribution in [0.3, 0.4) is 0 Å². The normalized spacial score (nSPS) is 11.0. The monoisotopic (exact) mass is 258 g/mol. The maximum atomic E-state index is 12.0. The Morgan fingerprint density at radius 1 is 1.47 bits per heavy atom. The Balaban J connectivity index is 2.38. The van der Waals surface area contributed by atoms with E-state index < -0.39 is 5.97 Å². The lowest BCUT2D eigenvalue weighted by molar-refractivity contribution is 0.0521. The topological polar surface area (TPSA) is 101 Å². The molecule has 0 aliphatic carbocycles. The molecule has 0 amide bonds. The summed E-state index contributed by atoms with van der Waals surface area (Å²) in [7, 11) is 0. The number of esters is 1. The van der Waals surface area contributed by atoms with Crippen LogP contribution in [0.2, 0.25) is 0 Å². The third kappa shape index (κ3) is 1.67. The number of rotatable bonds is 2. The van der Waals surface area contributed by atoms with Gasteiger partial charge in [-0.3, -0.25) is 14.9 Å². The van der Waals surface area contributed by atoms with E-state index in [1.807, 2.05) is 0 Å². The Labute approximate surface area is 106 Å². The number of carbonyl (C=O) groups is 1. The average molecular weight is 258 g/mol. The molecule has 0 aromatic carbocycles. The smallest absolute Gasteiger partial charge is 0.357 e. The zero-order valence-electron chi connectivity index (χ0n) is 10.1. The summed E-state index contributed by atoms with van der Waals surface area (Å²) in [5.74, 6) is -0.598. The number of hydrogen-bond acceptors (Lipinski definition) is 5. The van der Waals surface area contributed by atoms with E-state index >= 15 is 0 Å². The van der Waals surface area contributed by atoms with E-state index in [9.17, 15) is 9.59 Å². The number of pyridine rings is 2. The van der Waals surface area contributed by atoms with Crippen LogP contribution in [0.1, 0.15) is 17.4 Å². The van der Waals surface area contributed by atoms with Gasteiger partial charge in [0.25, 0.3) is 5.56 Å². The second kappa shape index (κ2) is 4.20. The van der Waals surface area contributed by atoms with Crippen LogP contribution in [0.25, 0.3) is 21.8 Å². The number of H-pyrrole nitrogens is 2. The Morgan fingerprint density at radius 3 is 3.11 bits per heavy atom. The van der Waals surface area contributed by atoms with Crippen LogP contribution in [0, 0.1) is 0 Å². The number of nitrogens with one attached hydrogen (secondary N) is 2. The van der Waals surface area contributed by atoms with Gasteiger partial charge in [-0.05, 0) is 13.0 Å². The Kier molecular flexibility index (Phi) is 2.52. The molecule has 0 spiro atoms. The molecule has 0 unspecified atom stereocenters. The molecule has 19 heavy (non-hydrogen) atoms. The molecule has 0 aliphatic heterocycles. The molecule has 3 rings (SSSR count). The molecule has 0 aliphatic rings. The van der Waals surface area contributed by atoms with Crippen molar-refractivity contribution in [3.05, 3.63) is 34.5 Å². The number of fused-ring (bicyclic) bond motifs is 3. The van der Waals surface area contributed by atoms with Crippen molar-refractivity contribution in [1.82, 2.24) is 20.2 Å². The summed E-state index contributed by atoms with van der Waals surface area (Å²) in [6.45, 7) is 1.92. The third-order valence-corrected chi connectivity index (χ3v) is 2.80. The fourth-order valence-electron chi connectivity index (χ4n) is 1.99. The maximum absolute atomic E-state index is 12.0. The summed E-state index contributed by atoms with van der Waals surface area (Å²) in [4.78, 5) is 30.5. The standard InChI is InChI=1S/C12H10N4O3/c1-2-19-12(18)10-8-9(15-16-10)6-5-13-4-3-7(6)14-11(8)17/h3-5H,2H2,1H3,(H,14,17)(H,15,16). The molecule has 7 nitrogen and oxygen atoms in total. The molecule has 2 N–H and O–H groups in total. The summed E-state index contributed by atoms with van der Waals surface area (Å²) in [5, 5.41) is 7.45. The van der Waals surface area contributed by atoms with E-state index in [4.69, 9.17) is 4.74 Å². The molecule has 3 aromatic heterocycles. The minimum Gasteiger partial charge on any atom is -0.461 e. The van der Waals surface area contributed by atoms with E-state index in [-0.39, 0.29) is 23.2 Å². The van der Waals surface area contributed by atoms with Gasteiger partial charge in [-0.1, -0.05) is 0 Å². The van der Waals surface area contributed by atoms with Crippen LogP contribution in [-0.2, 0) is 4.74 Å². The van der Waals surface area contributed by atoms with Crippen molar-refractivity contribution in [3.63, 3.8) is 0 Å². The van der Waals surface area contributed by atoms with Crippen molar-refractivity contribution in [3.8, 4) is 0 Å². The van der Waals surface area contributed by atoms with Crippen molar-refractivity contribution >= 4 is 27.8 Å². The average Bonchev–Trinajstić information content (AvgIpc) is 2.85. The van der Waals surface area contributed by atoms with Gasteiger partial charge in [0.15, 0.2) is 5.69 Å². The summed E-state index contributed by atoms with van der Waals surface area (Å²) in [5.41, 5.74) is 0.707. The van der Waals surface area contributed by atoms with E-state index in [2.05, 4.69) is 20.2 Å². The Hall–Kier alpha value is -2.70. The van der Waals surface area contributed by atoms with Crippen LogP contribution < -0.4 is 5.56 Å². The van der Waals surface area contributed by atoms with Gasteiger partial charge in [-0.25, -0.2) is 4.79 Å². The first-order chi connectivity index (χ1) is 9.22. The first-order valence-electron chi connectivity index (χ1n) is 5.73. The van der Waals surface area contributed by atoms with Gasteiger partial charge < -0.3 is 9.72 Å². The molecule has 0 fully saturated rings. The van der Waals surface area contributed by atoms with Crippen molar-refractivity contribution in [2.75, 3.05) is 6.61 Å². The molecule has 0 saturated carbocycles. The second-order valence-electron chi connectivity index (χ2n) is 3.92. The van der Waals surface area contributed by atoms with Crippen molar-refractivity contribution in [2.45, 2.75) is 6.92 Å². The van der Waals surface area contributed by atoms with E-state index in [0.29, 0.717) is 16.4 Å². The molecule has 96 valence electrons. The Bertz CT molecular complexity index is 834. The number of ether oxygens (including phenoxy) is 1. The largest absolute Gasteiger partial charge is 0.461 e. The van der Waals surface area contributed by atoms with E-state index in [0.717, 1.165) is 0 Å². The van der Waals surface area contributed by atoms with Gasteiger partial charge >= 0.3 is 5.97 Å². The summed E-state index contributed by atoms with van der Waals surface area (Å²) < 4.78 is 4.88. The number of hydrogen-bond donors (Lipinski definition) is 2.